The SMILES string of the molecule is CN(CCCBr)C(=O)C(F)(F)C(F)(F)F. The van der Waals surface area contributed by atoms with Gasteiger partial charge in [-0.3, -0.25) is 4.79 Å². The normalized spacial score (nSPS) is 12.7. The van der Waals surface area contributed by atoms with E-state index in [-0.39, 0.29) is 6.54 Å². The van der Waals surface area contributed by atoms with Crippen molar-refractivity contribution in [2.75, 3.05) is 18.9 Å². The van der Waals surface area contributed by atoms with Crippen LogP contribution in [0.25, 0.3) is 0 Å². The Morgan fingerprint density at radius 3 is 2.07 bits per heavy atom. The summed E-state index contributed by atoms with van der Waals surface area (Å²) in [5.74, 6) is -7.54. The average molecular weight is 298 g/mol. The Hall–Kier alpha value is -0.400. The first-order valence-corrected chi connectivity index (χ1v) is 5.02. The maximum Gasteiger partial charge on any atom is 0.463 e. The van der Waals surface area contributed by atoms with Gasteiger partial charge in [-0.15, -0.1) is 0 Å². The van der Waals surface area contributed by atoms with Gasteiger partial charge in [0.05, 0.1) is 0 Å². The lowest BCUT2D eigenvalue weighted by Gasteiger charge is -2.24. The molecule has 0 radical (unpaired) electrons. The van der Waals surface area contributed by atoms with Crippen LogP contribution in [0.5, 0.6) is 0 Å². The maximum atomic E-state index is 12.5. The van der Waals surface area contributed by atoms with Crippen molar-refractivity contribution in [3.63, 3.8) is 0 Å². The number of nitrogens with zero attached hydrogens (tertiary/aromatic N) is 1. The molecule has 0 spiro atoms. The van der Waals surface area contributed by atoms with Gasteiger partial charge >= 0.3 is 18.0 Å². The summed E-state index contributed by atoms with van der Waals surface area (Å²) < 4.78 is 60.2. The number of carbonyl (C=O) groups is 1. The highest BCUT2D eigenvalue weighted by Gasteiger charge is 2.64. The molecule has 1 amide bonds. The molecule has 0 atom stereocenters. The lowest BCUT2D eigenvalue weighted by Crippen LogP contribution is -2.51. The molecule has 0 aromatic carbocycles. The molecule has 0 bridgehead atoms. The molecule has 8 heteroatoms. The molecular weight excluding hydrogens is 289 g/mol. The van der Waals surface area contributed by atoms with Gasteiger partial charge in [-0.25, -0.2) is 0 Å². The maximum absolute atomic E-state index is 12.5. The van der Waals surface area contributed by atoms with Crippen LogP contribution in [-0.2, 0) is 4.79 Å². The van der Waals surface area contributed by atoms with Crippen molar-refractivity contribution in [2.24, 2.45) is 0 Å². The number of halogens is 6. The number of hydrogen-bond acceptors (Lipinski definition) is 1. The fraction of sp³-hybridized carbons (Fsp3) is 0.857. The van der Waals surface area contributed by atoms with Crippen molar-refractivity contribution in [1.29, 1.82) is 0 Å². The van der Waals surface area contributed by atoms with E-state index in [9.17, 15) is 26.7 Å². The van der Waals surface area contributed by atoms with Crippen LogP contribution in [0.2, 0.25) is 0 Å². The lowest BCUT2D eigenvalue weighted by atomic mass is 10.2. The largest absolute Gasteiger partial charge is 0.463 e. The van der Waals surface area contributed by atoms with Gasteiger partial charge in [-0.05, 0) is 6.42 Å². The monoisotopic (exact) mass is 297 g/mol. The van der Waals surface area contributed by atoms with Crippen molar-refractivity contribution in [2.45, 2.75) is 18.5 Å². The third kappa shape index (κ3) is 3.58. The Balaban J connectivity index is 4.56. The highest BCUT2D eigenvalue weighted by molar-refractivity contribution is 9.09. The summed E-state index contributed by atoms with van der Waals surface area (Å²) in [7, 11) is 0.907. The van der Waals surface area contributed by atoms with Gasteiger partial charge in [0.15, 0.2) is 0 Å². The molecule has 0 aliphatic rings. The van der Waals surface area contributed by atoms with Crippen LogP contribution in [0.1, 0.15) is 6.42 Å². The molecule has 90 valence electrons. The first kappa shape index (κ1) is 14.6. The molecule has 0 aromatic rings. The zero-order valence-electron chi connectivity index (χ0n) is 7.74. The summed E-state index contributed by atoms with van der Waals surface area (Å²) in [6.45, 7) is -0.157. The topological polar surface area (TPSA) is 20.3 Å². The van der Waals surface area contributed by atoms with Gasteiger partial charge in [0.25, 0.3) is 0 Å². The minimum Gasteiger partial charge on any atom is -0.340 e. The van der Waals surface area contributed by atoms with E-state index in [4.69, 9.17) is 0 Å². The first-order chi connectivity index (χ1) is 6.64. The fourth-order valence-corrected chi connectivity index (χ4v) is 1.01. The molecule has 0 aromatic heterocycles. The second-order valence-electron chi connectivity index (χ2n) is 2.84. The molecule has 0 aliphatic heterocycles. The van der Waals surface area contributed by atoms with Gasteiger partial charge in [0.2, 0.25) is 0 Å². The van der Waals surface area contributed by atoms with Crippen LogP contribution in [0.3, 0.4) is 0 Å². The Kier molecular flexibility index (Phi) is 4.95. The van der Waals surface area contributed by atoms with Crippen LogP contribution in [0.15, 0.2) is 0 Å². The Morgan fingerprint density at radius 1 is 1.27 bits per heavy atom. The highest BCUT2D eigenvalue weighted by Crippen LogP contribution is 2.36. The molecule has 2 nitrogen and oxygen atoms in total. The Labute approximate surface area is 91.5 Å². The molecule has 0 saturated carbocycles. The highest BCUT2D eigenvalue weighted by atomic mass is 79.9. The van der Waals surface area contributed by atoms with Crippen molar-refractivity contribution >= 4 is 21.8 Å². The third-order valence-corrected chi connectivity index (χ3v) is 2.16. The minimum atomic E-state index is -5.84. The molecule has 0 heterocycles. The second kappa shape index (κ2) is 5.09. The summed E-state index contributed by atoms with van der Waals surface area (Å²) in [5.41, 5.74) is 0. The van der Waals surface area contributed by atoms with Crippen molar-refractivity contribution in [3.05, 3.63) is 0 Å². The van der Waals surface area contributed by atoms with E-state index >= 15 is 0 Å². The van der Waals surface area contributed by atoms with Crippen LogP contribution < -0.4 is 0 Å². The number of carbonyl (C=O) groups excluding carboxylic acids is 1. The van der Waals surface area contributed by atoms with Gasteiger partial charge in [-0.1, -0.05) is 15.9 Å². The number of rotatable bonds is 4. The van der Waals surface area contributed by atoms with E-state index in [1.165, 1.54) is 0 Å². The van der Waals surface area contributed by atoms with Crippen LogP contribution >= 0.6 is 15.9 Å². The van der Waals surface area contributed by atoms with E-state index in [2.05, 4.69) is 15.9 Å². The van der Waals surface area contributed by atoms with E-state index in [0.717, 1.165) is 7.05 Å². The second-order valence-corrected chi connectivity index (χ2v) is 3.63. The van der Waals surface area contributed by atoms with Gasteiger partial charge in [0.1, 0.15) is 0 Å². The van der Waals surface area contributed by atoms with E-state index in [0.29, 0.717) is 16.7 Å². The summed E-state index contributed by atoms with van der Waals surface area (Å²) in [4.78, 5) is 11.1. The van der Waals surface area contributed by atoms with Gasteiger partial charge < -0.3 is 4.90 Å². The minimum absolute atomic E-state index is 0.157. The molecule has 15 heavy (non-hydrogen) atoms. The first-order valence-electron chi connectivity index (χ1n) is 3.90. The molecule has 0 rings (SSSR count). The van der Waals surface area contributed by atoms with Crippen molar-refractivity contribution < 1.29 is 26.7 Å². The third-order valence-electron chi connectivity index (χ3n) is 1.60. The Bertz CT molecular complexity index is 230. The smallest absolute Gasteiger partial charge is 0.340 e. The molecule has 0 unspecified atom stereocenters. The molecule has 0 aliphatic carbocycles. The molecular formula is C7H9BrF5NO. The molecule has 0 saturated heterocycles. The average Bonchev–Trinajstić information content (AvgIpc) is 2.10. The van der Waals surface area contributed by atoms with E-state index in [1.54, 1.807) is 0 Å². The van der Waals surface area contributed by atoms with Crippen molar-refractivity contribution in [3.8, 4) is 0 Å². The predicted molar refractivity (Wildman–Crippen MR) is 47.1 cm³/mol. The summed E-state index contributed by atoms with van der Waals surface area (Å²) >= 11 is 2.97. The van der Waals surface area contributed by atoms with Gasteiger partial charge in [0, 0.05) is 18.9 Å². The molecule has 0 N–H and O–H groups in total. The zero-order valence-corrected chi connectivity index (χ0v) is 9.33. The fourth-order valence-electron chi connectivity index (χ4n) is 0.759. The summed E-state index contributed by atoms with van der Waals surface area (Å²) in [6.07, 6.45) is -5.54. The van der Waals surface area contributed by atoms with Crippen LogP contribution in [0.4, 0.5) is 22.0 Å². The number of hydrogen-bond donors (Lipinski definition) is 0. The van der Waals surface area contributed by atoms with Crippen LogP contribution in [-0.4, -0.2) is 41.8 Å². The number of amides is 1. The summed E-state index contributed by atoms with van der Waals surface area (Å²) in [5, 5.41) is 0.419. The van der Waals surface area contributed by atoms with Crippen molar-refractivity contribution in [1.82, 2.24) is 4.90 Å². The molecule has 0 fully saturated rings. The van der Waals surface area contributed by atoms with E-state index in [1.807, 2.05) is 0 Å². The lowest BCUT2D eigenvalue weighted by molar-refractivity contribution is -0.273. The Morgan fingerprint density at radius 2 is 1.73 bits per heavy atom. The zero-order chi connectivity index (χ0) is 12.3. The summed E-state index contributed by atoms with van der Waals surface area (Å²) in [6, 6.07) is 0. The standard InChI is InChI=1S/C7H9BrF5NO/c1-14(4-2-3-8)5(15)6(9,10)7(11,12)13/h2-4H2,1H3. The van der Waals surface area contributed by atoms with Crippen LogP contribution in [0, 0.1) is 0 Å². The predicted octanol–water partition coefficient (Wildman–Crippen LogP) is 2.43. The quantitative estimate of drug-likeness (QED) is 0.576. The number of alkyl halides is 6. The van der Waals surface area contributed by atoms with Gasteiger partial charge in [-0.2, -0.15) is 22.0 Å². The van der Waals surface area contributed by atoms with E-state index < -0.39 is 18.0 Å².